The number of hydrogen-bond donors (Lipinski definition) is 0. The molecule has 5 rings (SSSR count). The number of pyridine rings is 1. The predicted octanol–water partition coefficient (Wildman–Crippen LogP) is 7.63. The van der Waals surface area contributed by atoms with Gasteiger partial charge in [0.2, 0.25) is 5.69 Å². The molecule has 0 atom stereocenters. The zero-order chi connectivity index (χ0) is 23.5. The van der Waals surface area contributed by atoms with Crippen molar-refractivity contribution < 1.29 is 4.57 Å². The number of aromatic nitrogens is 1. The Kier molecular flexibility index (Phi) is 4.76. The van der Waals surface area contributed by atoms with Gasteiger partial charge in [0.25, 0.3) is 0 Å². The summed E-state index contributed by atoms with van der Waals surface area (Å²) >= 11 is 0. The normalized spacial score (nSPS) is 13.4. The molecule has 0 bridgehead atoms. The van der Waals surface area contributed by atoms with Gasteiger partial charge in [-0.15, -0.1) is 0 Å². The minimum absolute atomic E-state index is 0.249. The Balaban J connectivity index is 1.92. The number of rotatable bonds is 2. The fraction of sp³-hybridized carbons (Fsp3) is 0.226. The van der Waals surface area contributed by atoms with Gasteiger partial charge in [-0.3, -0.25) is 0 Å². The maximum absolute atomic E-state index is 8.01. The fourth-order valence-corrected chi connectivity index (χ4v) is 5.66. The third-order valence-corrected chi connectivity index (χ3v) is 7.18. The van der Waals surface area contributed by atoms with E-state index < -0.39 is 0 Å². The summed E-state index contributed by atoms with van der Waals surface area (Å²) in [7, 11) is 2.12. The molecule has 0 unspecified atom stereocenters. The van der Waals surface area contributed by atoms with Crippen LogP contribution in [-0.4, -0.2) is 0 Å². The van der Waals surface area contributed by atoms with Crippen LogP contribution in [0.2, 0.25) is 0 Å². The number of hydrogen-bond acceptors (Lipinski definition) is 0. The first-order chi connectivity index (χ1) is 15.8. The summed E-state index contributed by atoms with van der Waals surface area (Å²) in [6.07, 6.45) is 2.15. The van der Waals surface area contributed by atoms with Gasteiger partial charge >= 0.3 is 0 Å². The van der Waals surface area contributed by atoms with Gasteiger partial charge in [-0.2, -0.15) is 0 Å². The van der Waals surface area contributed by atoms with Gasteiger partial charge in [0, 0.05) is 17.5 Å². The minimum atomic E-state index is -0.249. The molecule has 1 heterocycles. The summed E-state index contributed by atoms with van der Waals surface area (Å²) < 4.78 is 2.22. The summed E-state index contributed by atoms with van der Waals surface area (Å²) in [5.41, 5.74) is 14.0. The predicted molar refractivity (Wildman–Crippen MR) is 137 cm³/mol. The Bertz CT molecular complexity index is 1470. The smallest absolute Gasteiger partial charge is 0.213 e. The number of aryl methyl sites for hydroxylation is 4. The van der Waals surface area contributed by atoms with Crippen LogP contribution in [0.4, 0.5) is 5.69 Å². The molecule has 0 saturated heterocycles. The van der Waals surface area contributed by atoms with E-state index >= 15 is 0 Å². The van der Waals surface area contributed by atoms with E-state index in [0.29, 0.717) is 0 Å². The molecule has 0 fully saturated rings. The molecule has 0 radical (unpaired) electrons. The largest absolute Gasteiger partial charge is 0.237 e. The lowest BCUT2D eigenvalue weighted by molar-refractivity contribution is -0.660. The Labute approximate surface area is 197 Å². The van der Waals surface area contributed by atoms with Crippen LogP contribution in [0.15, 0.2) is 66.9 Å². The van der Waals surface area contributed by atoms with Gasteiger partial charge in [-0.25, -0.2) is 9.41 Å². The molecule has 0 N–H and O–H groups in total. The van der Waals surface area contributed by atoms with E-state index in [9.17, 15) is 0 Å². The quantitative estimate of drug-likeness (QED) is 0.229. The van der Waals surface area contributed by atoms with Crippen molar-refractivity contribution in [2.45, 2.75) is 40.0 Å². The first-order valence-electron chi connectivity index (χ1n) is 11.5. The summed E-state index contributed by atoms with van der Waals surface area (Å²) in [6, 6.07) is 21.6. The van der Waals surface area contributed by atoms with Crippen LogP contribution < -0.4 is 4.57 Å². The minimum Gasteiger partial charge on any atom is -0.237 e. The second kappa shape index (κ2) is 7.42. The standard InChI is InChI=1S/C31H29N2/c1-19-15-16-33(7)25(17-19)26-20(2)13-14-23-24-18-21(3)30(32-6)27(22-11-9-8-10-12-22)29(24)31(4,5)28(23)26/h8-18H,1-5,7H3/q+1. The second-order valence-electron chi connectivity index (χ2n) is 9.82. The molecular formula is C31H29N2+. The maximum atomic E-state index is 8.01. The first-order valence-corrected chi connectivity index (χ1v) is 11.5. The zero-order valence-corrected chi connectivity index (χ0v) is 20.2. The van der Waals surface area contributed by atoms with Gasteiger partial charge in [0.05, 0.1) is 12.1 Å². The Morgan fingerprint density at radius 1 is 0.788 bits per heavy atom. The molecular weight excluding hydrogens is 400 g/mol. The number of benzene rings is 3. The molecule has 1 aliphatic carbocycles. The molecule has 33 heavy (non-hydrogen) atoms. The highest BCUT2D eigenvalue weighted by molar-refractivity contribution is 5.98. The highest BCUT2D eigenvalue weighted by atomic mass is 14.9. The van der Waals surface area contributed by atoms with Gasteiger partial charge in [0.15, 0.2) is 11.9 Å². The van der Waals surface area contributed by atoms with Crippen molar-refractivity contribution in [3.05, 3.63) is 106 Å². The monoisotopic (exact) mass is 429 g/mol. The van der Waals surface area contributed by atoms with Crippen molar-refractivity contribution in [1.29, 1.82) is 0 Å². The van der Waals surface area contributed by atoms with Crippen LogP contribution in [0.3, 0.4) is 0 Å². The second-order valence-corrected chi connectivity index (χ2v) is 9.82. The molecule has 4 aromatic rings. The van der Waals surface area contributed by atoms with Crippen LogP contribution in [0.5, 0.6) is 0 Å². The first kappa shape index (κ1) is 21.2. The lowest BCUT2D eigenvalue weighted by Gasteiger charge is -2.28. The van der Waals surface area contributed by atoms with E-state index in [2.05, 4.69) is 112 Å². The van der Waals surface area contributed by atoms with Crippen molar-refractivity contribution >= 4 is 5.69 Å². The number of fused-ring (bicyclic) bond motifs is 3. The van der Waals surface area contributed by atoms with E-state index in [4.69, 9.17) is 6.57 Å². The summed E-state index contributed by atoms with van der Waals surface area (Å²) in [4.78, 5) is 4.02. The third kappa shape index (κ3) is 3.04. The molecule has 0 aliphatic heterocycles. The van der Waals surface area contributed by atoms with Crippen molar-refractivity contribution in [2.24, 2.45) is 7.05 Å². The van der Waals surface area contributed by atoms with Gasteiger partial charge in [0.1, 0.15) is 7.05 Å². The lowest BCUT2D eigenvalue weighted by Crippen LogP contribution is -2.32. The Morgan fingerprint density at radius 3 is 2.18 bits per heavy atom. The molecule has 2 heteroatoms. The Hall–Kier alpha value is -3.70. The van der Waals surface area contributed by atoms with Gasteiger partial charge in [-0.1, -0.05) is 62.4 Å². The highest BCUT2D eigenvalue weighted by Gasteiger charge is 2.42. The van der Waals surface area contributed by atoms with Crippen molar-refractivity contribution in [2.75, 3.05) is 0 Å². The molecule has 3 aromatic carbocycles. The van der Waals surface area contributed by atoms with Crippen molar-refractivity contribution in [3.8, 4) is 33.5 Å². The molecule has 1 aromatic heterocycles. The van der Waals surface area contributed by atoms with Crippen LogP contribution >= 0.6 is 0 Å². The molecule has 0 amide bonds. The van der Waals surface area contributed by atoms with E-state index in [-0.39, 0.29) is 5.41 Å². The van der Waals surface area contributed by atoms with E-state index in [1.165, 1.54) is 44.6 Å². The van der Waals surface area contributed by atoms with E-state index in [0.717, 1.165) is 22.4 Å². The fourth-order valence-electron chi connectivity index (χ4n) is 5.66. The van der Waals surface area contributed by atoms with E-state index in [1.807, 2.05) is 6.07 Å². The van der Waals surface area contributed by atoms with Crippen molar-refractivity contribution in [3.63, 3.8) is 0 Å². The Morgan fingerprint density at radius 2 is 1.48 bits per heavy atom. The summed E-state index contributed by atoms with van der Waals surface area (Å²) in [5.74, 6) is 0. The third-order valence-electron chi connectivity index (χ3n) is 7.18. The van der Waals surface area contributed by atoms with Crippen molar-refractivity contribution in [1.82, 2.24) is 0 Å². The summed E-state index contributed by atoms with van der Waals surface area (Å²) in [5, 5.41) is 0. The average molecular weight is 430 g/mol. The maximum Gasteiger partial charge on any atom is 0.213 e. The SMILES string of the molecule is [C-]#[N+]c1c(C)cc2c(c1-c1ccccc1)C(C)(C)c1c-2ccc(C)c1-c1cc(C)cc[n+]1C. The molecule has 162 valence electrons. The molecule has 2 nitrogen and oxygen atoms in total. The lowest BCUT2D eigenvalue weighted by atomic mass is 9.75. The molecule has 0 saturated carbocycles. The topological polar surface area (TPSA) is 8.24 Å². The van der Waals surface area contributed by atoms with Crippen LogP contribution in [0.1, 0.15) is 41.7 Å². The summed E-state index contributed by atoms with van der Waals surface area (Å²) in [6.45, 7) is 19.1. The molecule has 1 aliphatic rings. The van der Waals surface area contributed by atoms with Gasteiger partial charge < -0.3 is 0 Å². The van der Waals surface area contributed by atoms with E-state index in [1.54, 1.807) is 0 Å². The average Bonchev–Trinajstić information content (AvgIpc) is 3.01. The zero-order valence-electron chi connectivity index (χ0n) is 20.2. The van der Waals surface area contributed by atoms with Crippen LogP contribution in [0.25, 0.3) is 38.4 Å². The van der Waals surface area contributed by atoms with Crippen LogP contribution in [0, 0.1) is 27.3 Å². The van der Waals surface area contributed by atoms with Crippen LogP contribution in [-0.2, 0) is 12.5 Å². The van der Waals surface area contributed by atoms with Gasteiger partial charge in [-0.05, 0) is 70.8 Å². The number of nitrogens with zero attached hydrogens (tertiary/aromatic N) is 2. The molecule has 0 spiro atoms. The highest BCUT2D eigenvalue weighted by Crippen LogP contribution is 2.57.